The summed E-state index contributed by atoms with van der Waals surface area (Å²) in [6, 6.07) is 6.20. The average Bonchev–Trinajstić information content (AvgIpc) is 3.80. The Kier molecular flexibility index (Phi) is 10.2. The van der Waals surface area contributed by atoms with Crippen LogP contribution in [0.5, 0.6) is 11.8 Å². The Hall–Kier alpha value is -4.09. The van der Waals surface area contributed by atoms with Crippen LogP contribution in [0.2, 0.25) is 0 Å². The quantitative estimate of drug-likeness (QED) is 0.178. The van der Waals surface area contributed by atoms with Gasteiger partial charge >= 0.3 is 6.61 Å². The predicted octanol–water partition coefficient (Wildman–Crippen LogP) is 8.46. The lowest BCUT2D eigenvalue weighted by molar-refractivity contribution is -0.0525. The molecule has 0 bridgehead atoms. The van der Waals surface area contributed by atoms with Gasteiger partial charge in [0.05, 0.1) is 5.69 Å². The van der Waals surface area contributed by atoms with Crippen molar-refractivity contribution in [2.45, 2.75) is 85.9 Å². The van der Waals surface area contributed by atoms with Crippen molar-refractivity contribution in [2.75, 3.05) is 6.54 Å². The molecule has 2 aromatic heterocycles. The molecule has 4 rings (SSSR count). The summed E-state index contributed by atoms with van der Waals surface area (Å²) in [6.07, 6.45) is 4.84. The normalized spacial score (nSPS) is 14.5. The van der Waals surface area contributed by atoms with Gasteiger partial charge in [-0.3, -0.25) is 0 Å². The van der Waals surface area contributed by atoms with Gasteiger partial charge in [0.15, 0.2) is 5.82 Å². The molecule has 0 radical (unpaired) electrons. The number of hydrogen-bond acceptors (Lipinski definition) is 7. The molecule has 0 spiro atoms. The van der Waals surface area contributed by atoms with E-state index in [1.165, 1.54) is 25.5 Å². The summed E-state index contributed by atoms with van der Waals surface area (Å²) in [4.78, 5) is 18.7. The first-order chi connectivity index (χ1) is 20.8. The molecule has 3 aromatic rings. The molecule has 44 heavy (non-hydrogen) atoms. The maximum Gasteiger partial charge on any atom is 0.388 e. The third-order valence-electron chi connectivity index (χ3n) is 7.34. The van der Waals surface area contributed by atoms with Crippen LogP contribution in [0.3, 0.4) is 0 Å². The van der Waals surface area contributed by atoms with Crippen LogP contribution in [0.15, 0.2) is 47.9 Å². The van der Waals surface area contributed by atoms with Crippen LogP contribution < -0.4 is 9.47 Å². The molecule has 0 N–H and O–H groups in total. The highest BCUT2D eigenvalue weighted by atomic mass is 19.3. The van der Waals surface area contributed by atoms with Crippen LogP contribution in [-0.2, 0) is 6.61 Å². The van der Waals surface area contributed by atoms with Gasteiger partial charge in [0, 0.05) is 54.2 Å². The summed E-state index contributed by atoms with van der Waals surface area (Å²) in [6.45, 7) is 6.68. The van der Waals surface area contributed by atoms with Gasteiger partial charge in [-0.15, -0.1) is 0 Å². The molecule has 1 aliphatic rings. The van der Waals surface area contributed by atoms with Gasteiger partial charge in [-0.1, -0.05) is 13.0 Å². The molecule has 0 aliphatic heterocycles. The Morgan fingerprint density at radius 3 is 2.43 bits per heavy atom. The third-order valence-corrected chi connectivity index (χ3v) is 7.34. The minimum Gasteiger partial charge on any atom is -0.473 e. The summed E-state index contributed by atoms with van der Waals surface area (Å²) in [5.74, 6) is -3.56. The van der Waals surface area contributed by atoms with E-state index in [-0.39, 0.29) is 46.8 Å². The lowest BCUT2D eigenvalue weighted by atomic mass is 10.0. The van der Waals surface area contributed by atoms with Crippen LogP contribution in [0, 0.1) is 12.7 Å². The number of allylic oxidation sites excluding steroid dienone is 2. The van der Waals surface area contributed by atoms with Crippen molar-refractivity contribution >= 4 is 5.70 Å². The van der Waals surface area contributed by atoms with Gasteiger partial charge in [-0.25, -0.2) is 28.1 Å². The van der Waals surface area contributed by atoms with E-state index in [2.05, 4.69) is 24.7 Å². The van der Waals surface area contributed by atoms with E-state index in [9.17, 15) is 17.6 Å². The van der Waals surface area contributed by atoms with Crippen molar-refractivity contribution < 1.29 is 31.4 Å². The predicted molar refractivity (Wildman–Crippen MR) is 157 cm³/mol. The molecule has 1 aliphatic carbocycles. The number of alkyl halides is 4. The van der Waals surface area contributed by atoms with E-state index in [1.807, 2.05) is 20.8 Å². The van der Waals surface area contributed by atoms with E-state index in [0.29, 0.717) is 35.6 Å². The van der Waals surface area contributed by atoms with E-state index in [0.717, 1.165) is 25.3 Å². The van der Waals surface area contributed by atoms with E-state index in [1.54, 1.807) is 30.0 Å². The van der Waals surface area contributed by atoms with Crippen LogP contribution >= 0.6 is 0 Å². The number of hydrogen-bond donors (Lipinski definition) is 0. The molecule has 1 fully saturated rings. The van der Waals surface area contributed by atoms with E-state index >= 15 is 4.39 Å². The second-order valence-electron chi connectivity index (χ2n) is 10.8. The standard InChI is InChI=1S/C32H36F5N5O2/c1-7-18(3)28(42(8-2)15-19(4)32(6,36)37)23-12-9-21(14-24(23)33)16-43-25-13-20(5)40-29(41-25)26-27(22-10-11-22)38-17-39-30(26)44-31(34)35/h9,12-15,17,22,31H,7-8,10-11,16H2,1-6H3/b19-15+,28-18?. The SMILES string of the molecule is CCC(C)=C(c1ccc(COc2cc(C)nc(-c3c(OC(F)F)ncnc3C3CC3)n2)cc1F)N(/C=C(\C)C(C)(F)F)CC. The first-order valence-corrected chi connectivity index (χ1v) is 14.4. The molecular weight excluding hydrogens is 581 g/mol. The van der Waals surface area contributed by atoms with Crippen LogP contribution in [0.4, 0.5) is 22.0 Å². The Morgan fingerprint density at radius 2 is 1.84 bits per heavy atom. The number of aromatic nitrogens is 4. The second-order valence-corrected chi connectivity index (χ2v) is 10.8. The summed E-state index contributed by atoms with van der Waals surface area (Å²) < 4.78 is 80.4. The fourth-order valence-electron chi connectivity index (χ4n) is 4.61. The number of rotatable bonds is 13. The highest BCUT2D eigenvalue weighted by Gasteiger charge is 2.32. The molecule has 0 amide bonds. The summed E-state index contributed by atoms with van der Waals surface area (Å²) >= 11 is 0. The largest absolute Gasteiger partial charge is 0.473 e. The van der Waals surface area contributed by atoms with Gasteiger partial charge in [0.1, 0.15) is 24.3 Å². The lowest BCUT2D eigenvalue weighted by Crippen LogP contribution is -2.21. The molecule has 7 nitrogen and oxygen atoms in total. The molecule has 0 saturated heterocycles. The van der Waals surface area contributed by atoms with Crippen molar-refractivity contribution in [1.82, 2.24) is 24.8 Å². The van der Waals surface area contributed by atoms with Gasteiger partial charge in [-0.05, 0) is 70.2 Å². The van der Waals surface area contributed by atoms with Gasteiger partial charge < -0.3 is 14.4 Å². The Balaban J connectivity index is 1.62. The maximum atomic E-state index is 15.6. The number of ether oxygens (including phenoxy) is 2. The van der Waals surface area contributed by atoms with E-state index in [4.69, 9.17) is 4.74 Å². The minimum absolute atomic E-state index is 0.0569. The average molecular weight is 618 g/mol. The van der Waals surface area contributed by atoms with Crippen molar-refractivity contribution in [3.8, 4) is 23.1 Å². The number of aryl methyl sites for hydroxylation is 1. The third kappa shape index (κ3) is 7.89. The van der Waals surface area contributed by atoms with Crippen molar-refractivity contribution in [1.29, 1.82) is 0 Å². The fourth-order valence-corrected chi connectivity index (χ4v) is 4.61. The zero-order chi connectivity index (χ0) is 32.2. The smallest absolute Gasteiger partial charge is 0.388 e. The summed E-state index contributed by atoms with van der Waals surface area (Å²) in [5.41, 5.74) is 3.24. The molecule has 0 unspecified atom stereocenters. The molecule has 2 heterocycles. The van der Waals surface area contributed by atoms with Crippen LogP contribution in [0.1, 0.15) is 82.3 Å². The van der Waals surface area contributed by atoms with Gasteiger partial charge in [0.2, 0.25) is 11.8 Å². The molecule has 0 atom stereocenters. The van der Waals surface area contributed by atoms with Crippen molar-refractivity contribution in [3.63, 3.8) is 0 Å². The van der Waals surface area contributed by atoms with Crippen molar-refractivity contribution in [3.05, 3.63) is 76.3 Å². The van der Waals surface area contributed by atoms with Crippen LogP contribution in [-0.4, -0.2) is 43.9 Å². The maximum absolute atomic E-state index is 15.6. The first-order valence-electron chi connectivity index (χ1n) is 14.4. The summed E-state index contributed by atoms with van der Waals surface area (Å²) in [7, 11) is 0. The highest BCUT2D eigenvalue weighted by molar-refractivity contribution is 5.69. The van der Waals surface area contributed by atoms with Gasteiger partial charge in [0.25, 0.3) is 5.92 Å². The second kappa shape index (κ2) is 13.7. The zero-order valence-electron chi connectivity index (χ0n) is 25.6. The van der Waals surface area contributed by atoms with Gasteiger partial charge in [-0.2, -0.15) is 13.8 Å². The minimum atomic E-state index is -3.09. The van der Waals surface area contributed by atoms with Crippen molar-refractivity contribution in [2.24, 2.45) is 0 Å². The topological polar surface area (TPSA) is 73.3 Å². The summed E-state index contributed by atoms with van der Waals surface area (Å²) in [5, 5.41) is 0. The molecule has 1 aromatic carbocycles. The number of nitrogens with zero attached hydrogens (tertiary/aromatic N) is 5. The molecule has 236 valence electrons. The molecular formula is C32H36F5N5O2. The van der Waals surface area contributed by atoms with Crippen LogP contribution in [0.25, 0.3) is 17.1 Å². The van der Waals surface area contributed by atoms with E-state index < -0.39 is 18.4 Å². The fraction of sp³-hybridized carbons (Fsp3) is 0.438. The monoisotopic (exact) mass is 617 g/mol. The molecule has 12 heteroatoms. The molecule has 1 saturated carbocycles. The number of benzene rings is 1. The zero-order valence-corrected chi connectivity index (χ0v) is 25.6. The Labute approximate surface area is 253 Å². The Morgan fingerprint density at radius 1 is 1.11 bits per heavy atom. The number of halogens is 5. The first kappa shape index (κ1) is 32.8. The lowest BCUT2D eigenvalue weighted by Gasteiger charge is -2.27. The highest BCUT2D eigenvalue weighted by Crippen LogP contribution is 2.45. The Bertz CT molecular complexity index is 1550.